The Bertz CT molecular complexity index is 892. The van der Waals surface area contributed by atoms with Crippen LogP contribution in [0.1, 0.15) is 28.8 Å². The maximum Gasteiger partial charge on any atom is 0.410 e. The first-order chi connectivity index (χ1) is 15.0. The maximum atomic E-state index is 13.0. The second-order valence-corrected chi connectivity index (χ2v) is 7.73. The fraction of sp³-hybridized carbons (Fsp3) is 0.391. The Morgan fingerprint density at radius 2 is 1.65 bits per heavy atom. The van der Waals surface area contributed by atoms with Gasteiger partial charge in [-0.2, -0.15) is 8.78 Å². The smallest absolute Gasteiger partial charge is 0.410 e. The molecule has 2 atom stereocenters. The summed E-state index contributed by atoms with van der Waals surface area (Å²) < 4.78 is 40.1. The zero-order chi connectivity index (χ0) is 21.8. The number of nitrogens with zero attached hydrogens (tertiary/aromatic N) is 1. The van der Waals surface area contributed by atoms with E-state index in [4.69, 9.17) is 9.47 Å². The minimum atomic E-state index is -2.91. The van der Waals surface area contributed by atoms with E-state index in [1.807, 2.05) is 30.3 Å². The average molecular weight is 431 g/mol. The van der Waals surface area contributed by atoms with E-state index in [0.29, 0.717) is 31.6 Å². The van der Waals surface area contributed by atoms with Gasteiger partial charge >= 0.3 is 12.7 Å². The number of halogens is 2. The second kappa shape index (κ2) is 9.43. The molecule has 164 valence electrons. The van der Waals surface area contributed by atoms with Crippen LogP contribution in [-0.4, -0.2) is 48.7 Å². The molecule has 2 aliphatic heterocycles. The zero-order valence-corrected chi connectivity index (χ0v) is 16.8. The number of morpholine rings is 1. The summed E-state index contributed by atoms with van der Waals surface area (Å²) >= 11 is 0. The van der Waals surface area contributed by atoms with Gasteiger partial charge in [0.1, 0.15) is 12.4 Å². The molecular formula is C23H23F2NO5. The van der Waals surface area contributed by atoms with Gasteiger partial charge in [0.15, 0.2) is 5.78 Å². The molecule has 2 fully saturated rings. The lowest BCUT2D eigenvalue weighted by molar-refractivity contribution is -0.0755. The molecule has 2 bridgehead atoms. The molecule has 2 aromatic carbocycles. The van der Waals surface area contributed by atoms with Crippen LogP contribution in [0, 0.1) is 5.92 Å². The number of amides is 1. The van der Waals surface area contributed by atoms with E-state index in [1.165, 1.54) is 24.3 Å². The Morgan fingerprint density at radius 3 is 2.26 bits per heavy atom. The van der Waals surface area contributed by atoms with Gasteiger partial charge in [0.2, 0.25) is 0 Å². The van der Waals surface area contributed by atoms with E-state index in [-0.39, 0.29) is 36.1 Å². The van der Waals surface area contributed by atoms with Crippen LogP contribution < -0.4 is 4.74 Å². The van der Waals surface area contributed by atoms with E-state index in [0.717, 1.165) is 5.56 Å². The molecule has 8 heteroatoms. The third-order valence-electron chi connectivity index (χ3n) is 5.67. The summed E-state index contributed by atoms with van der Waals surface area (Å²) in [7, 11) is 0. The summed E-state index contributed by atoms with van der Waals surface area (Å²) in [6.45, 7) is -2.03. The highest BCUT2D eigenvalue weighted by molar-refractivity contribution is 5.98. The largest absolute Gasteiger partial charge is 0.445 e. The summed E-state index contributed by atoms with van der Waals surface area (Å²) in [6.07, 6.45) is 0.525. The van der Waals surface area contributed by atoms with Crippen molar-refractivity contribution in [2.24, 2.45) is 5.92 Å². The first-order valence-electron chi connectivity index (χ1n) is 10.2. The Kier molecular flexibility index (Phi) is 6.46. The normalized spacial score (nSPS) is 22.8. The van der Waals surface area contributed by atoms with Crippen LogP contribution in [0.25, 0.3) is 0 Å². The van der Waals surface area contributed by atoms with Gasteiger partial charge in [-0.25, -0.2) is 4.79 Å². The lowest BCUT2D eigenvalue weighted by Gasteiger charge is -2.47. The van der Waals surface area contributed by atoms with Gasteiger partial charge in [-0.1, -0.05) is 30.3 Å². The fourth-order valence-electron chi connectivity index (χ4n) is 4.26. The highest BCUT2D eigenvalue weighted by Gasteiger charge is 2.44. The fourth-order valence-corrected chi connectivity index (χ4v) is 4.26. The number of piperidine rings is 1. The zero-order valence-electron chi connectivity index (χ0n) is 16.8. The Balaban J connectivity index is 1.39. The standard InChI is InChI=1S/C23H23F2NO5/c24-22(25)31-20-8-6-16(7-9-20)21(27)17-10-18-13-29-14-19(11-17)26(18)23(28)30-12-15-4-2-1-3-5-15/h1-9,17-19,22H,10-14H2. The van der Waals surface area contributed by atoms with Crippen molar-refractivity contribution in [1.82, 2.24) is 4.90 Å². The molecule has 0 radical (unpaired) electrons. The number of Topliss-reactive ketones (excluding diaryl/α,β-unsaturated/α-hetero) is 1. The molecule has 2 saturated heterocycles. The lowest BCUT2D eigenvalue weighted by atomic mass is 9.81. The minimum absolute atomic E-state index is 0.00722. The first kappa shape index (κ1) is 21.2. The maximum absolute atomic E-state index is 13.0. The Morgan fingerprint density at radius 1 is 1.00 bits per heavy atom. The number of hydrogen-bond acceptors (Lipinski definition) is 5. The van der Waals surface area contributed by atoms with E-state index < -0.39 is 12.7 Å². The Labute approximate surface area is 178 Å². The molecule has 0 saturated carbocycles. The van der Waals surface area contributed by atoms with E-state index in [1.54, 1.807) is 4.90 Å². The minimum Gasteiger partial charge on any atom is -0.445 e. The number of rotatable bonds is 6. The van der Waals surface area contributed by atoms with Crippen molar-refractivity contribution < 1.29 is 32.6 Å². The van der Waals surface area contributed by atoms with Crippen molar-refractivity contribution in [3.8, 4) is 5.75 Å². The molecule has 2 unspecified atom stereocenters. The predicted molar refractivity (Wildman–Crippen MR) is 107 cm³/mol. The number of ketones is 1. The number of hydrogen-bond donors (Lipinski definition) is 0. The molecule has 0 aliphatic carbocycles. The topological polar surface area (TPSA) is 65.1 Å². The van der Waals surface area contributed by atoms with E-state index in [9.17, 15) is 18.4 Å². The molecule has 0 aromatic heterocycles. The van der Waals surface area contributed by atoms with Crippen LogP contribution in [0.3, 0.4) is 0 Å². The van der Waals surface area contributed by atoms with Crippen molar-refractivity contribution in [2.45, 2.75) is 38.1 Å². The van der Waals surface area contributed by atoms with Crippen LogP contribution in [0.15, 0.2) is 54.6 Å². The van der Waals surface area contributed by atoms with E-state index in [2.05, 4.69) is 4.74 Å². The Hall–Kier alpha value is -3.00. The summed E-state index contributed by atoms with van der Waals surface area (Å²) in [5.41, 5.74) is 1.34. The highest BCUT2D eigenvalue weighted by Crippen LogP contribution is 2.34. The van der Waals surface area contributed by atoms with Crippen LogP contribution in [0.2, 0.25) is 0 Å². The van der Waals surface area contributed by atoms with Gasteiger partial charge < -0.3 is 14.2 Å². The van der Waals surface area contributed by atoms with Crippen molar-refractivity contribution in [3.63, 3.8) is 0 Å². The predicted octanol–water partition coefficient (Wildman–Crippen LogP) is 4.29. The quantitative estimate of drug-likeness (QED) is 0.639. The summed E-state index contributed by atoms with van der Waals surface area (Å²) in [4.78, 5) is 27.4. The molecule has 2 aliphatic rings. The molecule has 6 nitrogen and oxygen atoms in total. The number of fused-ring (bicyclic) bond motifs is 2. The monoisotopic (exact) mass is 431 g/mol. The number of alkyl halides is 2. The van der Waals surface area contributed by atoms with Gasteiger partial charge in [-0.3, -0.25) is 9.69 Å². The number of carbonyl (C=O) groups excluding carboxylic acids is 2. The van der Waals surface area contributed by atoms with Crippen LogP contribution in [-0.2, 0) is 16.1 Å². The lowest BCUT2D eigenvalue weighted by Crippen LogP contribution is -2.59. The first-order valence-corrected chi connectivity index (χ1v) is 10.2. The van der Waals surface area contributed by atoms with Gasteiger partial charge in [-0.05, 0) is 42.7 Å². The number of benzene rings is 2. The molecule has 0 N–H and O–H groups in total. The average Bonchev–Trinajstić information content (AvgIpc) is 2.77. The third kappa shape index (κ3) is 5.02. The van der Waals surface area contributed by atoms with Crippen molar-refractivity contribution in [3.05, 3.63) is 65.7 Å². The summed E-state index contributed by atoms with van der Waals surface area (Å²) in [5, 5.41) is 0. The second-order valence-electron chi connectivity index (χ2n) is 7.73. The SMILES string of the molecule is O=C(c1ccc(OC(F)F)cc1)C1CC2COCC(C1)N2C(=O)OCc1ccccc1. The van der Waals surface area contributed by atoms with Crippen LogP contribution in [0.5, 0.6) is 5.75 Å². The molecule has 1 amide bonds. The van der Waals surface area contributed by atoms with Crippen molar-refractivity contribution in [1.29, 1.82) is 0 Å². The van der Waals surface area contributed by atoms with Gasteiger partial charge in [0.05, 0.1) is 25.3 Å². The molecule has 0 spiro atoms. The van der Waals surface area contributed by atoms with Gasteiger partial charge in [0, 0.05) is 11.5 Å². The molecule has 2 aromatic rings. The number of ether oxygens (including phenoxy) is 3. The molecule has 31 heavy (non-hydrogen) atoms. The number of carbonyl (C=O) groups is 2. The molecular weight excluding hydrogens is 408 g/mol. The van der Waals surface area contributed by atoms with Crippen LogP contribution >= 0.6 is 0 Å². The van der Waals surface area contributed by atoms with Gasteiger partial charge in [0.25, 0.3) is 0 Å². The summed E-state index contributed by atoms with van der Waals surface area (Å²) in [5.74, 6) is -0.343. The van der Waals surface area contributed by atoms with Crippen molar-refractivity contribution in [2.75, 3.05) is 13.2 Å². The summed E-state index contributed by atoms with van der Waals surface area (Å²) in [6, 6.07) is 14.7. The molecule has 2 heterocycles. The molecule has 4 rings (SSSR count). The van der Waals surface area contributed by atoms with Gasteiger partial charge in [-0.15, -0.1) is 0 Å². The van der Waals surface area contributed by atoms with Crippen LogP contribution in [0.4, 0.5) is 13.6 Å². The highest BCUT2D eigenvalue weighted by atomic mass is 19.3. The van der Waals surface area contributed by atoms with Crippen molar-refractivity contribution >= 4 is 11.9 Å². The van der Waals surface area contributed by atoms with E-state index >= 15 is 0 Å². The third-order valence-corrected chi connectivity index (χ3v) is 5.67.